The van der Waals surface area contributed by atoms with Crippen molar-refractivity contribution in [1.29, 1.82) is 0 Å². The predicted octanol–water partition coefficient (Wildman–Crippen LogP) is 3.11. The van der Waals surface area contributed by atoms with E-state index >= 15 is 0 Å². The van der Waals surface area contributed by atoms with Crippen molar-refractivity contribution in [2.24, 2.45) is 17.3 Å². The van der Waals surface area contributed by atoms with Crippen molar-refractivity contribution >= 4 is 5.91 Å². The highest BCUT2D eigenvalue weighted by Gasteiger charge is 2.17. The molecule has 0 aromatic heterocycles. The molecule has 1 aromatic carbocycles. The molecular weight excluding hydrogens is 444 g/mol. The van der Waals surface area contributed by atoms with E-state index in [2.05, 4.69) is 17.6 Å². The normalized spacial score (nSPS) is 11.8. The van der Waals surface area contributed by atoms with Crippen molar-refractivity contribution < 1.29 is 14.3 Å². The van der Waals surface area contributed by atoms with Gasteiger partial charge in [0, 0.05) is 56.1 Å². The van der Waals surface area contributed by atoms with Crippen LogP contribution in [0.3, 0.4) is 0 Å². The largest absolute Gasteiger partial charge is 0.493 e. The van der Waals surface area contributed by atoms with Crippen LogP contribution in [0.1, 0.15) is 74.2 Å². The van der Waals surface area contributed by atoms with Crippen molar-refractivity contribution in [2.75, 3.05) is 34.4 Å². The van der Waals surface area contributed by atoms with Crippen molar-refractivity contribution in [1.82, 2.24) is 15.6 Å². The van der Waals surface area contributed by atoms with Crippen LogP contribution in [0.15, 0.2) is 35.9 Å². The van der Waals surface area contributed by atoms with Crippen LogP contribution in [0.25, 0.3) is 0 Å². The first-order chi connectivity index (χ1) is 16.8. The number of carbonyl (C=O) groups is 1. The van der Waals surface area contributed by atoms with Gasteiger partial charge in [0.15, 0.2) is 0 Å². The fourth-order valence-corrected chi connectivity index (χ4v) is 3.56. The molecule has 1 rings (SSSR count). The molecule has 0 radical (unpaired) electrons. The maximum Gasteiger partial charge on any atom is 0.251 e. The number of hydrazine groups is 1. The third-order valence-electron chi connectivity index (χ3n) is 5.37. The summed E-state index contributed by atoms with van der Waals surface area (Å²) >= 11 is 0. The zero-order valence-electron chi connectivity index (χ0n) is 22.0. The molecule has 35 heavy (non-hydrogen) atoms. The molecule has 0 unspecified atom stereocenters. The molecule has 198 valence electrons. The monoisotopic (exact) mass is 490 g/mol. The van der Waals surface area contributed by atoms with Gasteiger partial charge in [-0.05, 0) is 63.5 Å². The Balaban J connectivity index is 2.90. The van der Waals surface area contributed by atoms with Gasteiger partial charge >= 0.3 is 0 Å². The molecule has 0 bridgehead atoms. The van der Waals surface area contributed by atoms with Crippen molar-refractivity contribution in [3.8, 4) is 11.5 Å². The quantitative estimate of drug-likeness (QED) is 0.120. The molecule has 0 aliphatic carbocycles. The number of carbonyl (C=O) groups excluding carboxylic acids is 1. The lowest BCUT2D eigenvalue weighted by molar-refractivity contribution is 0.0962. The third kappa shape index (κ3) is 12.3. The summed E-state index contributed by atoms with van der Waals surface area (Å²) < 4.78 is 12.3. The summed E-state index contributed by atoms with van der Waals surface area (Å²) in [6.07, 6.45) is 11.4. The van der Waals surface area contributed by atoms with Gasteiger partial charge in [0.25, 0.3) is 5.91 Å². The highest BCUT2D eigenvalue weighted by Crippen LogP contribution is 2.33. The number of nitrogens with one attached hydrogen (secondary N) is 2. The second-order valence-corrected chi connectivity index (χ2v) is 8.62. The summed E-state index contributed by atoms with van der Waals surface area (Å²) in [7, 11) is 5.19. The van der Waals surface area contributed by atoms with E-state index < -0.39 is 0 Å². The summed E-state index contributed by atoms with van der Waals surface area (Å²) in [6.45, 7) is 3.22. The molecule has 9 nitrogen and oxygen atoms in total. The first-order valence-electron chi connectivity index (χ1n) is 12.5. The Morgan fingerprint density at radius 1 is 0.971 bits per heavy atom. The summed E-state index contributed by atoms with van der Waals surface area (Å²) in [6, 6.07) is 3.64. The summed E-state index contributed by atoms with van der Waals surface area (Å²) in [5.74, 6) is 6.85. The molecule has 0 aliphatic heterocycles. The second-order valence-electron chi connectivity index (χ2n) is 8.62. The molecule has 0 aliphatic rings. The van der Waals surface area contributed by atoms with Gasteiger partial charge in [-0.1, -0.05) is 13.3 Å². The minimum absolute atomic E-state index is 0.171. The van der Waals surface area contributed by atoms with E-state index in [9.17, 15) is 4.79 Å². The number of allylic oxidation sites excluding steroid dienone is 2. The van der Waals surface area contributed by atoms with Crippen LogP contribution >= 0.6 is 0 Å². The molecule has 1 amide bonds. The topological polar surface area (TPSA) is 141 Å². The number of hydrogen-bond donors (Lipinski definition) is 5. The number of amides is 1. The van der Waals surface area contributed by atoms with Crippen LogP contribution in [0.4, 0.5) is 0 Å². The zero-order valence-corrected chi connectivity index (χ0v) is 22.0. The number of nitrogens with two attached hydrogens (primary N) is 3. The van der Waals surface area contributed by atoms with E-state index in [1.165, 1.54) is 5.01 Å². The van der Waals surface area contributed by atoms with E-state index in [1.54, 1.807) is 26.5 Å². The van der Waals surface area contributed by atoms with Crippen LogP contribution in [0.5, 0.6) is 11.5 Å². The van der Waals surface area contributed by atoms with E-state index in [1.807, 2.05) is 19.2 Å². The van der Waals surface area contributed by atoms with Crippen LogP contribution in [-0.4, -0.2) is 45.3 Å². The number of rotatable bonds is 18. The van der Waals surface area contributed by atoms with Gasteiger partial charge in [-0.15, -0.1) is 0 Å². The summed E-state index contributed by atoms with van der Waals surface area (Å²) in [5, 5.41) is 7.08. The Hall–Kier alpha value is -3.07. The first-order valence-corrected chi connectivity index (χ1v) is 12.5. The second kappa shape index (κ2) is 17.4. The summed E-state index contributed by atoms with van der Waals surface area (Å²) in [5.41, 5.74) is 15.0. The number of nitrogens with zero attached hydrogens (tertiary/aromatic N) is 1. The van der Waals surface area contributed by atoms with Crippen molar-refractivity contribution in [3.05, 3.63) is 47.1 Å². The molecule has 0 heterocycles. The number of unbranched alkanes of at least 4 members (excludes halogenated alkanes) is 3. The van der Waals surface area contributed by atoms with Crippen LogP contribution in [0, 0.1) is 0 Å². The maximum atomic E-state index is 12.4. The Labute approximate surface area is 211 Å². The Morgan fingerprint density at radius 3 is 2.03 bits per heavy atom. The lowest BCUT2D eigenvalue weighted by Crippen LogP contribution is -2.20. The van der Waals surface area contributed by atoms with Gasteiger partial charge in [0.05, 0.1) is 13.2 Å². The van der Waals surface area contributed by atoms with Gasteiger partial charge in [0.1, 0.15) is 11.5 Å². The van der Waals surface area contributed by atoms with Gasteiger partial charge in [-0.3, -0.25) is 4.79 Å². The summed E-state index contributed by atoms with van der Waals surface area (Å²) in [4.78, 5) is 12.4. The lowest BCUT2D eigenvalue weighted by Gasteiger charge is -2.18. The average Bonchev–Trinajstić information content (AvgIpc) is 2.81. The molecule has 0 saturated carbocycles. The van der Waals surface area contributed by atoms with E-state index in [0.29, 0.717) is 30.3 Å². The smallest absolute Gasteiger partial charge is 0.251 e. The van der Waals surface area contributed by atoms with Gasteiger partial charge in [-0.25, -0.2) is 5.84 Å². The van der Waals surface area contributed by atoms with E-state index in [0.717, 1.165) is 74.7 Å². The zero-order chi connectivity index (χ0) is 26.1. The average molecular weight is 491 g/mol. The minimum atomic E-state index is -0.171. The van der Waals surface area contributed by atoms with Crippen molar-refractivity contribution in [2.45, 2.75) is 64.7 Å². The van der Waals surface area contributed by atoms with Gasteiger partial charge in [0.2, 0.25) is 0 Å². The fourth-order valence-electron chi connectivity index (χ4n) is 3.56. The van der Waals surface area contributed by atoms with E-state index in [-0.39, 0.29) is 5.91 Å². The molecule has 0 spiro atoms. The van der Waals surface area contributed by atoms with Crippen LogP contribution in [-0.2, 0) is 6.42 Å². The number of ether oxygens (including phenoxy) is 2. The highest BCUT2D eigenvalue weighted by atomic mass is 16.5. The van der Waals surface area contributed by atoms with Gasteiger partial charge in [-0.2, -0.15) is 0 Å². The maximum absolute atomic E-state index is 12.4. The molecule has 0 fully saturated rings. The Bertz CT molecular complexity index is 824. The number of hydrogen-bond acceptors (Lipinski definition) is 8. The van der Waals surface area contributed by atoms with Crippen LogP contribution < -0.4 is 37.4 Å². The minimum Gasteiger partial charge on any atom is -0.493 e. The van der Waals surface area contributed by atoms with Gasteiger partial charge < -0.3 is 36.6 Å². The van der Waals surface area contributed by atoms with Crippen LogP contribution in [0.2, 0.25) is 0 Å². The fraction of sp³-hybridized carbons (Fsp3) is 0.577. The molecule has 0 saturated heterocycles. The third-order valence-corrected chi connectivity index (χ3v) is 5.37. The molecule has 9 heteroatoms. The van der Waals surface area contributed by atoms with Crippen molar-refractivity contribution in [3.63, 3.8) is 0 Å². The number of benzene rings is 1. The SMILES string of the molecule is CCCCc1c(OCCCC/C(N)=C/NC)cc(C(=O)NC)cc1OCCCC/C(N)=C/N(C)N. The Morgan fingerprint density at radius 2 is 1.54 bits per heavy atom. The standard InChI is InChI=1S/C26H46N6O3/c1-5-6-13-23-24(34-14-9-7-11-21(27)18-30-2)16-20(26(33)31-3)17-25(23)35-15-10-8-12-22(28)19-32(4)29/h16-19,30H,5-15,27-29H2,1-4H3,(H,31,33)/b21-18-,22-19-. The molecule has 1 aromatic rings. The predicted molar refractivity (Wildman–Crippen MR) is 143 cm³/mol. The highest BCUT2D eigenvalue weighted by molar-refractivity contribution is 5.95. The van der Waals surface area contributed by atoms with E-state index in [4.69, 9.17) is 26.8 Å². The Kier molecular flexibility index (Phi) is 14.9. The molecule has 0 atom stereocenters. The molecule has 8 N–H and O–H groups in total. The lowest BCUT2D eigenvalue weighted by atomic mass is 10.0. The first kappa shape index (κ1) is 30.0. The molecular formula is C26H46N6O3.